The molecule has 0 spiro atoms. The second-order valence-electron chi connectivity index (χ2n) is 6.51. The van der Waals surface area contributed by atoms with Crippen molar-refractivity contribution < 1.29 is 19.1 Å². The predicted octanol–water partition coefficient (Wildman–Crippen LogP) is 5.14. The number of halogens is 1. The van der Waals surface area contributed by atoms with Gasteiger partial charge >= 0.3 is 5.97 Å². The quantitative estimate of drug-likeness (QED) is 0.220. The van der Waals surface area contributed by atoms with Crippen molar-refractivity contribution in [1.82, 2.24) is 5.43 Å². The van der Waals surface area contributed by atoms with Gasteiger partial charge in [0.1, 0.15) is 11.5 Å². The molecule has 0 heterocycles. The van der Waals surface area contributed by atoms with Gasteiger partial charge < -0.3 is 9.47 Å². The molecule has 0 bridgehead atoms. The van der Waals surface area contributed by atoms with E-state index >= 15 is 0 Å². The summed E-state index contributed by atoms with van der Waals surface area (Å²) in [5, 5.41) is 4.03. The lowest BCUT2D eigenvalue weighted by Gasteiger charge is -2.10. The fraction of sp³-hybridized carbons (Fsp3) is 0.125. The SMILES string of the molecule is CCOc1ccccc1C(=O)NN=Cc1cc(Br)ccc1OC(=O)c1ccccc1C. The maximum Gasteiger partial charge on any atom is 0.343 e. The summed E-state index contributed by atoms with van der Waals surface area (Å²) in [6.07, 6.45) is 1.42. The lowest BCUT2D eigenvalue weighted by atomic mass is 10.1. The molecule has 0 radical (unpaired) electrons. The van der Waals surface area contributed by atoms with Gasteiger partial charge in [0.2, 0.25) is 0 Å². The van der Waals surface area contributed by atoms with E-state index in [0.29, 0.717) is 34.8 Å². The molecule has 0 aromatic heterocycles. The van der Waals surface area contributed by atoms with Crippen LogP contribution in [0.5, 0.6) is 11.5 Å². The molecular formula is C24H21BrN2O4. The molecule has 3 aromatic carbocycles. The van der Waals surface area contributed by atoms with Gasteiger partial charge in [-0.25, -0.2) is 10.2 Å². The van der Waals surface area contributed by atoms with E-state index in [9.17, 15) is 9.59 Å². The summed E-state index contributed by atoms with van der Waals surface area (Å²) < 4.78 is 11.8. The van der Waals surface area contributed by atoms with E-state index in [0.717, 1.165) is 10.0 Å². The first-order valence-corrected chi connectivity index (χ1v) is 10.4. The number of para-hydroxylation sites is 1. The van der Waals surface area contributed by atoms with Crippen LogP contribution in [0.1, 0.15) is 38.8 Å². The Kier molecular flexibility index (Phi) is 7.56. The maximum absolute atomic E-state index is 12.6. The lowest BCUT2D eigenvalue weighted by Crippen LogP contribution is -2.19. The van der Waals surface area contributed by atoms with Crippen LogP contribution in [-0.2, 0) is 0 Å². The zero-order valence-electron chi connectivity index (χ0n) is 17.1. The van der Waals surface area contributed by atoms with Gasteiger partial charge in [0.25, 0.3) is 5.91 Å². The average Bonchev–Trinajstić information content (AvgIpc) is 2.76. The van der Waals surface area contributed by atoms with Gasteiger partial charge in [-0.2, -0.15) is 5.10 Å². The Hall–Kier alpha value is -3.45. The number of nitrogens with one attached hydrogen (secondary N) is 1. The third kappa shape index (κ3) is 5.79. The Morgan fingerprint density at radius 1 is 1.00 bits per heavy atom. The number of aryl methyl sites for hydroxylation is 1. The Morgan fingerprint density at radius 2 is 1.71 bits per heavy atom. The minimum Gasteiger partial charge on any atom is -0.493 e. The number of esters is 1. The Labute approximate surface area is 189 Å². The van der Waals surface area contributed by atoms with Crippen molar-refractivity contribution in [2.75, 3.05) is 6.61 Å². The first kappa shape index (κ1) is 22.2. The molecule has 0 unspecified atom stereocenters. The minimum absolute atomic E-state index is 0.323. The fourth-order valence-electron chi connectivity index (χ4n) is 2.83. The van der Waals surface area contributed by atoms with Crippen LogP contribution in [0.25, 0.3) is 0 Å². The van der Waals surface area contributed by atoms with Crippen LogP contribution in [0, 0.1) is 6.92 Å². The van der Waals surface area contributed by atoms with Crippen molar-refractivity contribution in [2.45, 2.75) is 13.8 Å². The molecule has 0 aliphatic rings. The van der Waals surface area contributed by atoms with Crippen LogP contribution in [0.2, 0.25) is 0 Å². The summed E-state index contributed by atoms with van der Waals surface area (Å²) >= 11 is 3.40. The zero-order valence-corrected chi connectivity index (χ0v) is 18.7. The summed E-state index contributed by atoms with van der Waals surface area (Å²) in [6, 6.07) is 19.3. The van der Waals surface area contributed by atoms with E-state index in [1.807, 2.05) is 26.0 Å². The van der Waals surface area contributed by atoms with E-state index in [4.69, 9.17) is 9.47 Å². The number of benzene rings is 3. The number of carbonyl (C=O) groups is 2. The summed E-state index contributed by atoms with van der Waals surface area (Å²) in [6.45, 7) is 4.14. The topological polar surface area (TPSA) is 77.0 Å². The molecule has 0 fully saturated rings. The van der Waals surface area contributed by atoms with Crippen molar-refractivity contribution in [1.29, 1.82) is 0 Å². The molecule has 3 aromatic rings. The number of carbonyl (C=O) groups excluding carboxylic acids is 2. The fourth-order valence-corrected chi connectivity index (χ4v) is 3.20. The third-order valence-corrected chi connectivity index (χ3v) is 4.83. The molecule has 1 N–H and O–H groups in total. The molecular weight excluding hydrogens is 460 g/mol. The van der Waals surface area contributed by atoms with E-state index in [1.165, 1.54) is 6.21 Å². The van der Waals surface area contributed by atoms with Gasteiger partial charge in [-0.1, -0.05) is 46.3 Å². The van der Waals surface area contributed by atoms with Crippen molar-refractivity contribution in [3.05, 3.63) is 93.5 Å². The second kappa shape index (κ2) is 10.5. The minimum atomic E-state index is -0.468. The molecule has 1 amide bonds. The smallest absolute Gasteiger partial charge is 0.343 e. The van der Waals surface area contributed by atoms with Crippen molar-refractivity contribution in [3.8, 4) is 11.5 Å². The molecule has 0 saturated carbocycles. The maximum atomic E-state index is 12.6. The Morgan fingerprint density at radius 3 is 2.45 bits per heavy atom. The summed E-state index contributed by atoms with van der Waals surface area (Å²) in [7, 11) is 0. The molecule has 0 aliphatic heterocycles. The van der Waals surface area contributed by atoms with Crippen LogP contribution in [-0.4, -0.2) is 24.7 Å². The molecule has 0 aliphatic carbocycles. The zero-order chi connectivity index (χ0) is 22.2. The van der Waals surface area contributed by atoms with Crippen LogP contribution < -0.4 is 14.9 Å². The highest BCUT2D eigenvalue weighted by Gasteiger charge is 2.14. The number of hydrogen-bond donors (Lipinski definition) is 1. The summed E-state index contributed by atoms with van der Waals surface area (Å²) in [5.41, 5.74) is 4.68. The number of ether oxygens (including phenoxy) is 2. The Bertz CT molecular complexity index is 1130. The lowest BCUT2D eigenvalue weighted by molar-refractivity contribution is 0.0733. The second-order valence-corrected chi connectivity index (χ2v) is 7.43. The van der Waals surface area contributed by atoms with E-state index < -0.39 is 11.9 Å². The van der Waals surface area contributed by atoms with Crippen LogP contribution >= 0.6 is 15.9 Å². The monoisotopic (exact) mass is 480 g/mol. The van der Waals surface area contributed by atoms with Crippen LogP contribution in [0.4, 0.5) is 0 Å². The largest absolute Gasteiger partial charge is 0.493 e. The number of hydrazone groups is 1. The van der Waals surface area contributed by atoms with Gasteiger partial charge in [0.15, 0.2) is 0 Å². The third-order valence-electron chi connectivity index (χ3n) is 4.34. The molecule has 6 nitrogen and oxygen atoms in total. The summed E-state index contributed by atoms with van der Waals surface area (Å²) in [4.78, 5) is 25.1. The van der Waals surface area contributed by atoms with Gasteiger partial charge in [-0.05, 0) is 55.8 Å². The molecule has 0 saturated heterocycles. The van der Waals surface area contributed by atoms with Gasteiger partial charge in [-0.15, -0.1) is 0 Å². The van der Waals surface area contributed by atoms with E-state index in [2.05, 4.69) is 26.5 Å². The molecule has 3 rings (SSSR count). The Balaban J connectivity index is 1.77. The van der Waals surface area contributed by atoms with Gasteiger partial charge in [0, 0.05) is 10.0 Å². The normalized spacial score (nSPS) is 10.7. The van der Waals surface area contributed by atoms with E-state index in [-0.39, 0.29) is 0 Å². The highest BCUT2D eigenvalue weighted by atomic mass is 79.9. The molecule has 7 heteroatoms. The van der Waals surface area contributed by atoms with Gasteiger partial charge in [-0.3, -0.25) is 4.79 Å². The highest BCUT2D eigenvalue weighted by Crippen LogP contribution is 2.23. The number of hydrogen-bond acceptors (Lipinski definition) is 5. The van der Waals surface area contributed by atoms with E-state index in [1.54, 1.807) is 54.6 Å². The van der Waals surface area contributed by atoms with Crippen molar-refractivity contribution in [3.63, 3.8) is 0 Å². The number of rotatable bonds is 7. The molecule has 158 valence electrons. The number of nitrogens with zero attached hydrogens (tertiary/aromatic N) is 1. The molecule has 31 heavy (non-hydrogen) atoms. The predicted molar refractivity (Wildman–Crippen MR) is 123 cm³/mol. The van der Waals surface area contributed by atoms with Crippen molar-refractivity contribution >= 4 is 34.0 Å². The standard InChI is InChI=1S/C24H21BrN2O4/c1-3-30-22-11-7-6-10-20(22)23(28)27-26-15-17-14-18(25)12-13-21(17)31-24(29)19-9-5-4-8-16(19)2/h4-15H,3H2,1-2H3,(H,27,28). The van der Waals surface area contributed by atoms with Crippen LogP contribution in [0.3, 0.4) is 0 Å². The van der Waals surface area contributed by atoms with Gasteiger partial charge in [0.05, 0.1) is 23.9 Å². The molecule has 0 atom stereocenters. The summed E-state index contributed by atoms with van der Waals surface area (Å²) in [5.74, 6) is -0.0734. The average molecular weight is 481 g/mol. The first-order chi connectivity index (χ1) is 15.0. The number of amides is 1. The highest BCUT2D eigenvalue weighted by molar-refractivity contribution is 9.10. The van der Waals surface area contributed by atoms with Crippen molar-refractivity contribution in [2.24, 2.45) is 5.10 Å². The van der Waals surface area contributed by atoms with Crippen LogP contribution in [0.15, 0.2) is 76.3 Å². The first-order valence-electron chi connectivity index (χ1n) is 9.62.